The van der Waals surface area contributed by atoms with Gasteiger partial charge in [0.25, 0.3) is 0 Å². The fourth-order valence-corrected chi connectivity index (χ4v) is 3.03. The van der Waals surface area contributed by atoms with Crippen LogP contribution in [0.3, 0.4) is 0 Å². The number of carboxylic acid groups (broad SMARTS) is 1. The summed E-state index contributed by atoms with van der Waals surface area (Å²) in [4.78, 5) is 11.3. The van der Waals surface area contributed by atoms with Crippen LogP contribution < -0.4 is 5.43 Å². The van der Waals surface area contributed by atoms with Crippen LogP contribution in [0.2, 0.25) is 0 Å². The highest BCUT2D eigenvalue weighted by Gasteiger charge is 2.36. The van der Waals surface area contributed by atoms with E-state index in [1.165, 1.54) is 19.3 Å². The summed E-state index contributed by atoms with van der Waals surface area (Å²) in [5.74, 6) is -0.514. The van der Waals surface area contributed by atoms with Crippen molar-refractivity contribution in [2.24, 2.45) is 5.92 Å². The number of carbonyl (C=O) groups is 1. The van der Waals surface area contributed by atoms with E-state index in [0.717, 1.165) is 31.8 Å². The van der Waals surface area contributed by atoms with Gasteiger partial charge in [0.05, 0.1) is 11.3 Å². The highest BCUT2D eigenvalue weighted by Crippen LogP contribution is 2.33. The Morgan fingerprint density at radius 3 is 2.83 bits per heavy atom. The molecule has 0 aromatic carbocycles. The molecule has 1 unspecified atom stereocenters. The molecule has 1 aliphatic carbocycles. The lowest BCUT2D eigenvalue weighted by atomic mass is 9.93. The van der Waals surface area contributed by atoms with Gasteiger partial charge in [-0.05, 0) is 25.3 Å². The smallest absolute Gasteiger partial charge is 0.337 e. The Morgan fingerprint density at radius 1 is 1.33 bits per heavy atom. The third kappa shape index (κ3) is 1.93. The molecule has 0 radical (unpaired) electrons. The topological polar surface area (TPSA) is 55.8 Å². The molecule has 2 saturated heterocycles. The molecule has 5 heteroatoms. The summed E-state index contributed by atoms with van der Waals surface area (Å²) in [6, 6.07) is 0. The summed E-state index contributed by atoms with van der Waals surface area (Å²) in [5, 5.41) is 13.6. The fraction of sp³-hybridized carbons (Fsp3) is 0.615. The Labute approximate surface area is 107 Å². The van der Waals surface area contributed by atoms with Gasteiger partial charge in [-0.2, -0.15) is 0 Å². The van der Waals surface area contributed by atoms with E-state index in [-0.39, 0.29) is 0 Å². The van der Waals surface area contributed by atoms with Crippen LogP contribution in [0.1, 0.15) is 25.7 Å². The normalized spacial score (nSPS) is 28.7. The Balaban J connectivity index is 1.90. The van der Waals surface area contributed by atoms with Gasteiger partial charge in [-0.15, -0.1) is 0 Å². The summed E-state index contributed by atoms with van der Waals surface area (Å²) in [6.07, 6.45) is 8.31. The lowest BCUT2D eigenvalue weighted by Crippen LogP contribution is -2.48. The van der Waals surface area contributed by atoms with Gasteiger partial charge < -0.3 is 5.11 Å². The predicted molar refractivity (Wildman–Crippen MR) is 67.2 cm³/mol. The minimum atomic E-state index is -0.823. The van der Waals surface area contributed by atoms with Crippen molar-refractivity contribution >= 4 is 5.97 Å². The van der Waals surface area contributed by atoms with Crippen LogP contribution in [0.15, 0.2) is 23.4 Å². The number of rotatable bonds is 2. The number of allylic oxidation sites excluding steroid dienone is 1. The number of piperidine rings is 1. The predicted octanol–water partition coefficient (Wildman–Crippen LogP) is 1.12. The molecule has 2 N–H and O–H groups in total. The monoisotopic (exact) mass is 249 g/mol. The van der Waals surface area contributed by atoms with Gasteiger partial charge in [-0.25, -0.2) is 20.3 Å². The number of hydrazine groups is 2. The van der Waals surface area contributed by atoms with Crippen molar-refractivity contribution in [3.63, 3.8) is 0 Å². The Morgan fingerprint density at radius 2 is 2.11 bits per heavy atom. The molecule has 98 valence electrons. The first-order chi connectivity index (χ1) is 8.77. The molecule has 3 aliphatic rings. The first-order valence-corrected chi connectivity index (χ1v) is 6.70. The molecule has 0 saturated carbocycles. The van der Waals surface area contributed by atoms with Gasteiger partial charge in [0, 0.05) is 25.6 Å². The van der Waals surface area contributed by atoms with Crippen molar-refractivity contribution in [2.45, 2.75) is 25.7 Å². The minimum absolute atomic E-state index is 0.308. The van der Waals surface area contributed by atoms with Gasteiger partial charge in [0.2, 0.25) is 0 Å². The van der Waals surface area contributed by atoms with Crippen LogP contribution in [0, 0.1) is 5.92 Å². The van der Waals surface area contributed by atoms with E-state index in [1.54, 1.807) is 6.08 Å². The van der Waals surface area contributed by atoms with Crippen LogP contribution in [-0.2, 0) is 4.79 Å². The van der Waals surface area contributed by atoms with E-state index in [0.29, 0.717) is 11.5 Å². The van der Waals surface area contributed by atoms with Crippen LogP contribution >= 0.6 is 0 Å². The minimum Gasteiger partial charge on any atom is -0.478 e. The molecular formula is C13H19N3O2. The highest BCUT2D eigenvalue weighted by atomic mass is 16.4. The highest BCUT2D eigenvalue weighted by molar-refractivity contribution is 5.91. The van der Waals surface area contributed by atoms with Gasteiger partial charge in [0.15, 0.2) is 0 Å². The van der Waals surface area contributed by atoms with E-state index in [9.17, 15) is 9.90 Å². The molecule has 0 amide bonds. The molecule has 18 heavy (non-hydrogen) atoms. The Kier molecular flexibility index (Phi) is 3.09. The lowest BCUT2D eigenvalue weighted by Gasteiger charge is -2.37. The number of fused-ring (bicyclic) bond motifs is 1. The summed E-state index contributed by atoms with van der Waals surface area (Å²) < 4.78 is 0. The van der Waals surface area contributed by atoms with E-state index >= 15 is 0 Å². The second kappa shape index (κ2) is 4.74. The Hall–Kier alpha value is -1.33. The van der Waals surface area contributed by atoms with Crippen molar-refractivity contribution in [1.29, 1.82) is 0 Å². The molecule has 0 bridgehead atoms. The zero-order chi connectivity index (χ0) is 12.5. The quantitative estimate of drug-likeness (QED) is 0.768. The largest absolute Gasteiger partial charge is 0.478 e. The maximum atomic E-state index is 11.3. The van der Waals surface area contributed by atoms with Crippen molar-refractivity contribution < 1.29 is 9.90 Å². The van der Waals surface area contributed by atoms with E-state index in [2.05, 4.69) is 10.4 Å². The molecule has 2 fully saturated rings. The summed E-state index contributed by atoms with van der Waals surface area (Å²) in [6.45, 7) is 2.87. The average molecular weight is 249 g/mol. The van der Waals surface area contributed by atoms with Crippen LogP contribution in [-0.4, -0.2) is 40.8 Å². The van der Waals surface area contributed by atoms with Crippen LogP contribution in [0.5, 0.6) is 0 Å². The standard InChI is InChI=1S/C13H19N3O2/c17-13(18)11-6-4-5-10-9-14-16(12(10)11)15-7-2-1-3-8-15/h4,6,10,14H,1-3,5,7-9H2,(H,17,18). The number of carboxylic acids is 1. The first-order valence-electron chi connectivity index (χ1n) is 6.70. The number of hydrogen-bond donors (Lipinski definition) is 2. The maximum Gasteiger partial charge on any atom is 0.337 e. The second-order valence-electron chi connectivity index (χ2n) is 5.13. The molecular weight excluding hydrogens is 230 g/mol. The van der Waals surface area contributed by atoms with Crippen LogP contribution in [0.25, 0.3) is 0 Å². The third-order valence-electron chi connectivity index (χ3n) is 3.93. The SMILES string of the molecule is O=C(O)C1=C2C(CC=C1)CNN2N1CCCCC1. The molecule has 2 aliphatic heterocycles. The summed E-state index contributed by atoms with van der Waals surface area (Å²) >= 11 is 0. The molecule has 2 heterocycles. The van der Waals surface area contributed by atoms with E-state index in [4.69, 9.17) is 0 Å². The van der Waals surface area contributed by atoms with Gasteiger partial charge in [0.1, 0.15) is 0 Å². The average Bonchev–Trinajstić information content (AvgIpc) is 2.83. The van der Waals surface area contributed by atoms with Crippen LogP contribution in [0.4, 0.5) is 0 Å². The van der Waals surface area contributed by atoms with Crippen molar-refractivity contribution in [2.75, 3.05) is 19.6 Å². The summed E-state index contributed by atoms with van der Waals surface area (Å²) in [5.41, 5.74) is 4.75. The fourth-order valence-electron chi connectivity index (χ4n) is 3.03. The molecule has 3 rings (SSSR count). The molecule has 0 aromatic heterocycles. The van der Waals surface area contributed by atoms with Gasteiger partial charge >= 0.3 is 5.97 Å². The van der Waals surface area contributed by atoms with Crippen molar-refractivity contribution in [1.82, 2.24) is 15.6 Å². The zero-order valence-electron chi connectivity index (χ0n) is 10.4. The van der Waals surface area contributed by atoms with Gasteiger partial charge in [-0.1, -0.05) is 12.5 Å². The lowest BCUT2D eigenvalue weighted by molar-refractivity contribution is -0.132. The third-order valence-corrected chi connectivity index (χ3v) is 3.93. The second-order valence-corrected chi connectivity index (χ2v) is 5.13. The first kappa shape index (κ1) is 11.7. The van der Waals surface area contributed by atoms with E-state index < -0.39 is 5.97 Å². The zero-order valence-corrected chi connectivity index (χ0v) is 10.4. The summed E-state index contributed by atoms with van der Waals surface area (Å²) in [7, 11) is 0. The number of nitrogens with zero attached hydrogens (tertiary/aromatic N) is 2. The van der Waals surface area contributed by atoms with Crippen molar-refractivity contribution in [3.8, 4) is 0 Å². The maximum absolute atomic E-state index is 11.3. The van der Waals surface area contributed by atoms with E-state index in [1.807, 2.05) is 11.2 Å². The molecule has 0 spiro atoms. The Bertz CT molecular complexity index is 410. The number of aliphatic carboxylic acids is 1. The molecule has 1 atom stereocenters. The van der Waals surface area contributed by atoms with Crippen molar-refractivity contribution in [3.05, 3.63) is 23.4 Å². The number of hydrogen-bond acceptors (Lipinski definition) is 4. The number of nitrogens with one attached hydrogen (secondary N) is 1. The molecule has 5 nitrogen and oxygen atoms in total. The van der Waals surface area contributed by atoms with Gasteiger partial charge in [-0.3, -0.25) is 0 Å². The molecule has 0 aromatic rings.